The number of hydrogen-bond donors (Lipinski definition) is 0. The zero-order valence-electron chi connectivity index (χ0n) is 18.5. The van der Waals surface area contributed by atoms with Crippen LogP contribution in [0.4, 0.5) is 5.69 Å². The van der Waals surface area contributed by atoms with Gasteiger partial charge in [0.2, 0.25) is 0 Å². The van der Waals surface area contributed by atoms with Crippen LogP contribution < -0.4 is 4.90 Å². The number of nitrogens with zero attached hydrogens (tertiary/aromatic N) is 2. The van der Waals surface area contributed by atoms with Crippen molar-refractivity contribution in [3.63, 3.8) is 0 Å². The quantitative estimate of drug-likeness (QED) is 0.291. The summed E-state index contributed by atoms with van der Waals surface area (Å²) in [6, 6.07) is 31.5. The lowest BCUT2D eigenvalue weighted by Gasteiger charge is -2.13. The summed E-state index contributed by atoms with van der Waals surface area (Å²) in [5, 5.41) is 3.68. The van der Waals surface area contributed by atoms with Crippen LogP contribution >= 0.6 is 0 Å². The molecule has 160 valence electrons. The van der Waals surface area contributed by atoms with Crippen LogP contribution in [-0.4, -0.2) is 17.0 Å². The lowest BCUT2D eigenvalue weighted by Crippen LogP contribution is -2.25. The molecule has 33 heavy (non-hydrogen) atoms. The molecule has 0 saturated heterocycles. The number of likely N-dealkylation sites (N-methyl/N-ethyl adjacent to an activating group) is 1. The Labute approximate surface area is 193 Å². The number of amides is 1. The Bertz CT molecular complexity index is 1550. The molecule has 6 rings (SSSR count). The molecule has 0 radical (unpaired) electrons. The van der Waals surface area contributed by atoms with Crippen LogP contribution in [0.3, 0.4) is 0 Å². The van der Waals surface area contributed by atoms with Gasteiger partial charge in [-0.25, -0.2) is 0 Å². The molecule has 0 aliphatic carbocycles. The van der Waals surface area contributed by atoms with E-state index in [2.05, 4.69) is 83.6 Å². The zero-order chi connectivity index (χ0) is 22.4. The predicted molar refractivity (Wildman–Crippen MR) is 137 cm³/mol. The molecule has 5 aromatic rings. The third-order valence-electron chi connectivity index (χ3n) is 6.62. The Balaban J connectivity index is 1.49. The highest BCUT2D eigenvalue weighted by Gasteiger charge is 2.31. The maximum atomic E-state index is 13.2. The Morgan fingerprint density at radius 1 is 0.788 bits per heavy atom. The molecule has 0 saturated carbocycles. The smallest absolute Gasteiger partial charge is 0.258 e. The number of carbonyl (C=O) groups excluding carboxylic acids is 1. The second-order valence-corrected chi connectivity index (χ2v) is 8.49. The standard InChI is InChI=1S/C30H24N2O/c1-2-32-29-17-8-6-15-26(29)27(30(32)33)18-23-20-31(28-16-7-5-14-25(23)28)19-22-12-9-11-21-10-3-4-13-24(21)22/h3-18,20H,2,19H2,1H3/b27-18+. The number of hydrogen-bond acceptors (Lipinski definition) is 1. The molecule has 1 amide bonds. The van der Waals surface area contributed by atoms with E-state index in [-0.39, 0.29) is 5.91 Å². The van der Waals surface area contributed by atoms with Crippen molar-refractivity contribution in [2.24, 2.45) is 0 Å². The van der Waals surface area contributed by atoms with Crippen LogP contribution in [0.1, 0.15) is 23.6 Å². The highest BCUT2D eigenvalue weighted by Crippen LogP contribution is 2.38. The fourth-order valence-electron chi connectivity index (χ4n) is 5.05. The molecule has 1 aliphatic heterocycles. The zero-order valence-corrected chi connectivity index (χ0v) is 18.5. The second kappa shape index (κ2) is 7.79. The van der Waals surface area contributed by atoms with Crippen molar-refractivity contribution in [3.8, 4) is 0 Å². The molecular weight excluding hydrogens is 404 g/mol. The Morgan fingerprint density at radius 3 is 2.39 bits per heavy atom. The summed E-state index contributed by atoms with van der Waals surface area (Å²) in [7, 11) is 0. The molecule has 4 aromatic carbocycles. The maximum Gasteiger partial charge on any atom is 0.258 e. The van der Waals surface area contributed by atoms with Crippen molar-refractivity contribution in [1.82, 2.24) is 4.57 Å². The van der Waals surface area contributed by atoms with E-state index in [0.717, 1.165) is 34.3 Å². The topological polar surface area (TPSA) is 25.2 Å². The lowest BCUT2D eigenvalue weighted by molar-refractivity contribution is -0.112. The van der Waals surface area contributed by atoms with E-state index >= 15 is 0 Å². The first-order valence-electron chi connectivity index (χ1n) is 11.4. The summed E-state index contributed by atoms with van der Waals surface area (Å²) in [5.74, 6) is 0.0737. The van der Waals surface area contributed by atoms with Crippen molar-refractivity contribution in [3.05, 3.63) is 114 Å². The largest absolute Gasteiger partial charge is 0.342 e. The molecule has 2 heterocycles. The minimum Gasteiger partial charge on any atom is -0.342 e. The Kier molecular flexibility index (Phi) is 4.62. The first-order chi connectivity index (χ1) is 16.2. The van der Waals surface area contributed by atoms with Gasteiger partial charge in [0.25, 0.3) is 5.91 Å². The number of rotatable bonds is 4. The molecule has 0 bridgehead atoms. The van der Waals surface area contributed by atoms with Gasteiger partial charge in [-0.05, 0) is 41.5 Å². The summed E-state index contributed by atoms with van der Waals surface area (Å²) in [5.41, 5.74) is 6.30. The van der Waals surface area contributed by atoms with Gasteiger partial charge in [-0.2, -0.15) is 0 Å². The van der Waals surface area contributed by atoms with E-state index < -0.39 is 0 Å². The molecule has 1 aliphatic rings. The lowest BCUT2D eigenvalue weighted by atomic mass is 10.0. The maximum absolute atomic E-state index is 13.2. The van der Waals surface area contributed by atoms with Crippen molar-refractivity contribution in [2.75, 3.05) is 11.4 Å². The van der Waals surface area contributed by atoms with E-state index in [1.54, 1.807) is 0 Å². The van der Waals surface area contributed by atoms with Gasteiger partial charge in [-0.15, -0.1) is 0 Å². The first-order valence-corrected chi connectivity index (χ1v) is 11.4. The number of fused-ring (bicyclic) bond motifs is 3. The summed E-state index contributed by atoms with van der Waals surface area (Å²) < 4.78 is 2.30. The van der Waals surface area contributed by atoms with Gasteiger partial charge in [0.05, 0.1) is 5.69 Å². The van der Waals surface area contributed by atoms with Crippen molar-refractivity contribution in [2.45, 2.75) is 13.5 Å². The van der Waals surface area contributed by atoms with Crippen molar-refractivity contribution in [1.29, 1.82) is 0 Å². The predicted octanol–water partition coefficient (Wildman–Crippen LogP) is 6.75. The number of carbonyl (C=O) groups is 1. The first kappa shape index (κ1) is 19.6. The number of anilines is 1. The van der Waals surface area contributed by atoms with Crippen LogP contribution in [0.25, 0.3) is 33.3 Å². The van der Waals surface area contributed by atoms with Crippen LogP contribution in [0.5, 0.6) is 0 Å². The van der Waals surface area contributed by atoms with Gasteiger partial charge >= 0.3 is 0 Å². The Morgan fingerprint density at radius 2 is 1.52 bits per heavy atom. The van der Waals surface area contributed by atoms with E-state index in [9.17, 15) is 4.79 Å². The minimum atomic E-state index is 0.0737. The van der Waals surface area contributed by atoms with Gasteiger partial charge in [0.15, 0.2) is 0 Å². The van der Waals surface area contributed by atoms with Gasteiger partial charge in [0.1, 0.15) is 0 Å². The molecular formula is C30H24N2O. The summed E-state index contributed by atoms with van der Waals surface area (Å²) >= 11 is 0. The summed E-state index contributed by atoms with van der Waals surface area (Å²) in [6.07, 6.45) is 4.25. The fraction of sp³-hybridized carbons (Fsp3) is 0.100. The van der Waals surface area contributed by atoms with E-state index in [1.807, 2.05) is 36.1 Å². The second-order valence-electron chi connectivity index (χ2n) is 8.49. The monoisotopic (exact) mass is 428 g/mol. The molecule has 0 spiro atoms. The third-order valence-corrected chi connectivity index (χ3v) is 6.62. The number of benzene rings is 4. The summed E-state index contributed by atoms with van der Waals surface area (Å²) in [4.78, 5) is 15.1. The SMILES string of the molecule is CCN1C(=O)/C(=C/c2cn(Cc3cccc4ccccc34)c3ccccc23)c2ccccc21. The van der Waals surface area contributed by atoms with Crippen LogP contribution in [0.2, 0.25) is 0 Å². The number of para-hydroxylation sites is 2. The molecule has 1 aromatic heterocycles. The highest BCUT2D eigenvalue weighted by atomic mass is 16.2. The summed E-state index contributed by atoms with van der Waals surface area (Å²) in [6.45, 7) is 3.46. The van der Waals surface area contributed by atoms with Crippen LogP contribution in [-0.2, 0) is 11.3 Å². The van der Waals surface area contributed by atoms with E-state index in [4.69, 9.17) is 0 Å². The highest BCUT2D eigenvalue weighted by molar-refractivity contribution is 6.36. The van der Waals surface area contributed by atoms with Gasteiger partial charge in [-0.1, -0.05) is 78.9 Å². The van der Waals surface area contributed by atoms with Gasteiger partial charge in [0, 0.05) is 46.9 Å². The molecule has 0 atom stereocenters. The van der Waals surface area contributed by atoms with Crippen molar-refractivity contribution >= 4 is 44.9 Å². The molecule has 0 unspecified atom stereocenters. The molecule has 3 heteroatoms. The average Bonchev–Trinajstić information content (AvgIpc) is 3.34. The van der Waals surface area contributed by atoms with Crippen LogP contribution in [0.15, 0.2) is 97.2 Å². The number of aromatic nitrogens is 1. The van der Waals surface area contributed by atoms with E-state index in [1.165, 1.54) is 21.9 Å². The van der Waals surface area contributed by atoms with Crippen LogP contribution in [0, 0.1) is 0 Å². The molecule has 0 fully saturated rings. The third kappa shape index (κ3) is 3.16. The normalized spacial score (nSPS) is 14.5. The molecule has 0 N–H and O–H groups in total. The van der Waals surface area contributed by atoms with Gasteiger partial charge < -0.3 is 9.47 Å². The van der Waals surface area contributed by atoms with Crippen molar-refractivity contribution < 1.29 is 4.79 Å². The van der Waals surface area contributed by atoms with E-state index in [0.29, 0.717) is 6.54 Å². The molecule has 3 nitrogen and oxygen atoms in total. The van der Waals surface area contributed by atoms with Gasteiger partial charge in [-0.3, -0.25) is 4.79 Å². The minimum absolute atomic E-state index is 0.0737. The Hall–Kier alpha value is -4.11. The fourth-order valence-corrected chi connectivity index (χ4v) is 5.05. The average molecular weight is 429 g/mol.